The van der Waals surface area contributed by atoms with Crippen molar-refractivity contribution in [3.05, 3.63) is 52.0 Å². The monoisotopic (exact) mass is 448 g/mol. The van der Waals surface area contributed by atoms with Crippen LogP contribution >= 0.6 is 23.2 Å². The molecule has 3 N–H and O–H groups in total. The maximum Gasteiger partial charge on any atom is 0.323 e. The number of halogens is 2. The highest BCUT2D eigenvalue weighted by molar-refractivity contribution is 6.44. The van der Waals surface area contributed by atoms with Crippen molar-refractivity contribution in [3.63, 3.8) is 0 Å². The summed E-state index contributed by atoms with van der Waals surface area (Å²) in [6.45, 7) is 3.21. The van der Waals surface area contributed by atoms with Crippen LogP contribution in [0.3, 0.4) is 0 Å². The number of benzene rings is 2. The number of hydrogen-bond acceptors (Lipinski definition) is 4. The topological polar surface area (TPSA) is 84.9 Å². The maximum absolute atomic E-state index is 13.0. The quantitative estimate of drug-likeness (QED) is 0.612. The standard InChI is InChI=1S/C21H22Cl2N4O3/c22-15-6-2-7-16(18(15)23)24-21(30)25-17-8-1-5-14(19(17)28)20(29)27-11-10-26-9-3-4-13(26)12-27/h1-2,5-8,13,28H,3-4,9-12H2,(H2,24,25,30). The van der Waals surface area contributed by atoms with E-state index in [0.717, 1.165) is 25.9 Å². The van der Waals surface area contributed by atoms with Crippen LogP contribution in [0.5, 0.6) is 5.75 Å². The van der Waals surface area contributed by atoms with Gasteiger partial charge < -0.3 is 20.6 Å². The molecule has 1 unspecified atom stereocenters. The molecule has 4 rings (SSSR count). The molecule has 0 radical (unpaired) electrons. The largest absolute Gasteiger partial charge is 0.505 e. The summed E-state index contributed by atoms with van der Waals surface area (Å²) >= 11 is 12.0. The van der Waals surface area contributed by atoms with Crippen molar-refractivity contribution in [3.8, 4) is 5.75 Å². The van der Waals surface area contributed by atoms with Crippen LogP contribution in [-0.4, -0.2) is 59.1 Å². The molecule has 0 aromatic heterocycles. The zero-order valence-electron chi connectivity index (χ0n) is 16.2. The Balaban J connectivity index is 1.46. The number of carbonyl (C=O) groups is 2. The van der Waals surface area contributed by atoms with Gasteiger partial charge in [0.25, 0.3) is 5.91 Å². The highest BCUT2D eigenvalue weighted by Gasteiger charge is 2.33. The smallest absolute Gasteiger partial charge is 0.323 e. The van der Waals surface area contributed by atoms with Gasteiger partial charge in [0.1, 0.15) is 0 Å². The van der Waals surface area contributed by atoms with Crippen molar-refractivity contribution < 1.29 is 14.7 Å². The molecule has 158 valence electrons. The Labute approximate surface area is 184 Å². The fourth-order valence-electron chi connectivity index (χ4n) is 4.04. The molecular weight excluding hydrogens is 427 g/mol. The molecule has 3 amide bonds. The zero-order chi connectivity index (χ0) is 21.3. The van der Waals surface area contributed by atoms with Gasteiger partial charge in [-0.1, -0.05) is 35.3 Å². The summed E-state index contributed by atoms with van der Waals surface area (Å²) in [4.78, 5) is 29.6. The number of nitrogens with one attached hydrogen (secondary N) is 2. The SMILES string of the molecule is O=C(Nc1cccc(C(=O)N2CCN3CCCC3C2)c1O)Nc1cccc(Cl)c1Cl. The number of rotatable bonds is 3. The molecule has 30 heavy (non-hydrogen) atoms. The van der Waals surface area contributed by atoms with Crippen LogP contribution in [0.2, 0.25) is 10.0 Å². The van der Waals surface area contributed by atoms with Crippen LogP contribution in [0.25, 0.3) is 0 Å². The Kier molecular flexibility index (Phi) is 6.04. The van der Waals surface area contributed by atoms with Gasteiger partial charge in [-0.05, 0) is 43.7 Å². The Morgan fingerprint density at radius 3 is 2.57 bits per heavy atom. The molecule has 0 saturated carbocycles. The average Bonchev–Trinajstić information content (AvgIpc) is 3.20. The second-order valence-electron chi connectivity index (χ2n) is 7.47. The minimum Gasteiger partial charge on any atom is -0.505 e. The van der Waals surface area contributed by atoms with Crippen molar-refractivity contribution in [2.24, 2.45) is 0 Å². The van der Waals surface area contributed by atoms with E-state index in [2.05, 4.69) is 15.5 Å². The molecule has 7 nitrogen and oxygen atoms in total. The number of hydrogen-bond donors (Lipinski definition) is 3. The number of urea groups is 1. The van der Waals surface area contributed by atoms with Gasteiger partial charge in [-0.25, -0.2) is 4.79 Å². The molecule has 0 aliphatic carbocycles. The lowest BCUT2D eigenvalue weighted by molar-refractivity contribution is 0.0568. The maximum atomic E-state index is 13.0. The molecule has 2 heterocycles. The van der Waals surface area contributed by atoms with Gasteiger partial charge in [-0.2, -0.15) is 0 Å². The van der Waals surface area contributed by atoms with Crippen LogP contribution in [0.1, 0.15) is 23.2 Å². The molecule has 1 atom stereocenters. The summed E-state index contributed by atoms with van der Waals surface area (Å²) in [5.74, 6) is -0.496. The number of anilines is 2. The van der Waals surface area contributed by atoms with Gasteiger partial charge in [0.15, 0.2) is 5.75 Å². The molecule has 2 saturated heterocycles. The van der Waals surface area contributed by atoms with Crippen molar-refractivity contribution >= 4 is 46.5 Å². The van der Waals surface area contributed by atoms with Gasteiger partial charge in [0.2, 0.25) is 0 Å². The minimum absolute atomic E-state index is 0.135. The molecule has 2 aromatic carbocycles. The molecule has 9 heteroatoms. The summed E-state index contributed by atoms with van der Waals surface area (Å²) < 4.78 is 0. The van der Waals surface area contributed by atoms with E-state index in [4.69, 9.17) is 23.2 Å². The second-order valence-corrected chi connectivity index (χ2v) is 8.25. The summed E-state index contributed by atoms with van der Waals surface area (Å²) in [5.41, 5.74) is 0.638. The van der Waals surface area contributed by atoms with E-state index in [-0.39, 0.29) is 27.9 Å². The van der Waals surface area contributed by atoms with E-state index >= 15 is 0 Å². The van der Waals surface area contributed by atoms with Crippen molar-refractivity contribution in [2.75, 3.05) is 36.8 Å². The highest BCUT2D eigenvalue weighted by Crippen LogP contribution is 2.32. The van der Waals surface area contributed by atoms with Gasteiger partial charge in [-0.15, -0.1) is 0 Å². The lowest BCUT2D eigenvalue weighted by Crippen LogP contribution is -2.52. The van der Waals surface area contributed by atoms with E-state index in [1.807, 2.05) is 0 Å². The number of aromatic hydroxyl groups is 1. The van der Waals surface area contributed by atoms with Crippen LogP contribution in [0.4, 0.5) is 16.2 Å². The number of carbonyl (C=O) groups excluding carboxylic acids is 2. The van der Waals surface area contributed by atoms with E-state index < -0.39 is 6.03 Å². The third-order valence-electron chi connectivity index (χ3n) is 5.59. The second kappa shape index (κ2) is 8.71. The van der Waals surface area contributed by atoms with E-state index in [1.165, 1.54) is 6.07 Å². The van der Waals surface area contributed by atoms with Crippen LogP contribution in [0.15, 0.2) is 36.4 Å². The Bertz CT molecular complexity index is 985. The lowest BCUT2D eigenvalue weighted by Gasteiger charge is -2.37. The number of phenols is 1. The lowest BCUT2D eigenvalue weighted by atomic mass is 10.1. The number of fused-ring (bicyclic) bond motifs is 1. The minimum atomic E-state index is -0.612. The van der Waals surface area contributed by atoms with E-state index in [0.29, 0.717) is 29.8 Å². The first-order valence-electron chi connectivity index (χ1n) is 9.81. The summed E-state index contributed by atoms with van der Waals surface area (Å²) in [6.07, 6.45) is 2.24. The molecule has 2 aliphatic rings. The first-order chi connectivity index (χ1) is 14.4. The zero-order valence-corrected chi connectivity index (χ0v) is 17.7. The number of para-hydroxylation sites is 1. The van der Waals surface area contributed by atoms with Crippen molar-refractivity contribution in [2.45, 2.75) is 18.9 Å². The molecule has 2 fully saturated rings. The summed E-state index contributed by atoms with van der Waals surface area (Å²) in [6, 6.07) is 9.37. The fourth-order valence-corrected chi connectivity index (χ4v) is 4.39. The van der Waals surface area contributed by atoms with E-state index in [9.17, 15) is 14.7 Å². The molecule has 0 spiro atoms. The third kappa shape index (κ3) is 4.19. The Morgan fingerprint density at radius 2 is 1.73 bits per heavy atom. The number of amides is 3. The van der Waals surface area contributed by atoms with Gasteiger partial charge in [0.05, 0.1) is 27.0 Å². The highest BCUT2D eigenvalue weighted by atomic mass is 35.5. The van der Waals surface area contributed by atoms with Crippen LogP contribution < -0.4 is 10.6 Å². The first-order valence-corrected chi connectivity index (χ1v) is 10.6. The third-order valence-corrected chi connectivity index (χ3v) is 6.41. The summed E-state index contributed by atoms with van der Waals surface area (Å²) in [5, 5.41) is 16.3. The van der Waals surface area contributed by atoms with Crippen LogP contribution in [0, 0.1) is 0 Å². The Hall–Kier alpha value is -2.48. The molecular formula is C21H22Cl2N4O3. The molecule has 2 aliphatic heterocycles. The normalized spacial score (nSPS) is 18.7. The van der Waals surface area contributed by atoms with E-state index in [1.54, 1.807) is 35.2 Å². The first kappa shape index (κ1) is 20.8. The number of phenolic OH excluding ortho intramolecular Hbond substituents is 1. The van der Waals surface area contributed by atoms with Crippen LogP contribution in [-0.2, 0) is 0 Å². The predicted molar refractivity (Wildman–Crippen MR) is 118 cm³/mol. The van der Waals surface area contributed by atoms with Crippen molar-refractivity contribution in [1.82, 2.24) is 9.80 Å². The van der Waals surface area contributed by atoms with Gasteiger partial charge in [0, 0.05) is 25.7 Å². The fraction of sp³-hybridized carbons (Fsp3) is 0.333. The number of nitrogens with zero attached hydrogens (tertiary/aromatic N) is 2. The predicted octanol–water partition coefficient (Wildman–Crippen LogP) is 4.26. The molecule has 0 bridgehead atoms. The average molecular weight is 449 g/mol. The van der Waals surface area contributed by atoms with Gasteiger partial charge in [-0.3, -0.25) is 9.69 Å². The molecule has 2 aromatic rings. The number of piperazine rings is 1. The Morgan fingerprint density at radius 1 is 1.00 bits per heavy atom. The van der Waals surface area contributed by atoms with Crippen molar-refractivity contribution in [1.29, 1.82) is 0 Å². The van der Waals surface area contributed by atoms with Gasteiger partial charge >= 0.3 is 6.03 Å². The summed E-state index contributed by atoms with van der Waals surface area (Å²) in [7, 11) is 0.